The minimum Gasteiger partial charge on any atom is -0.493 e. The number of ether oxygens (including phenoxy) is 2. The van der Waals surface area contributed by atoms with E-state index in [1.165, 1.54) is 0 Å². The van der Waals surface area contributed by atoms with Gasteiger partial charge in [0.15, 0.2) is 17.7 Å². The summed E-state index contributed by atoms with van der Waals surface area (Å²) in [5.41, 5.74) is 2.17. The fourth-order valence-corrected chi connectivity index (χ4v) is 2.44. The van der Waals surface area contributed by atoms with Gasteiger partial charge in [0.1, 0.15) is 5.84 Å². The number of rotatable bonds is 2. The molecule has 1 aromatic carbocycles. The third-order valence-corrected chi connectivity index (χ3v) is 3.46. The number of hydrogen-bond donors (Lipinski definition) is 1. The quantitative estimate of drug-likeness (QED) is 0.870. The highest BCUT2D eigenvalue weighted by Gasteiger charge is 2.26. The van der Waals surface area contributed by atoms with Crippen LogP contribution in [0.4, 0.5) is 0 Å². The second-order valence-electron chi connectivity index (χ2n) is 4.54. The lowest BCUT2D eigenvalue weighted by Gasteiger charge is -2.18. The molecule has 0 spiro atoms. The fraction of sp³-hybridized carbons (Fsp3) is 0.357. The molecule has 1 aromatic rings. The summed E-state index contributed by atoms with van der Waals surface area (Å²) in [7, 11) is 3.25. The molecular weight excluding hydrogens is 244 g/mol. The average Bonchev–Trinajstić information content (AvgIpc) is 2.68. The molecule has 1 N–H and O–H groups in total. The maximum atomic E-state index is 9.84. The molecule has 2 heterocycles. The number of amidine groups is 1. The number of hydrogen-bond acceptors (Lipinski definition) is 5. The molecule has 1 unspecified atom stereocenters. The highest BCUT2D eigenvalue weighted by atomic mass is 16.5. The van der Waals surface area contributed by atoms with Crippen molar-refractivity contribution in [1.29, 1.82) is 0 Å². The third-order valence-electron chi connectivity index (χ3n) is 3.46. The van der Waals surface area contributed by atoms with Gasteiger partial charge in [0.05, 0.1) is 20.8 Å². The lowest BCUT2D eigenvalue weighted by molar-refractivity contribution is 0.104. The second kappa shape index (κ2) is 4.59. The van der Waals surface area contributed by atoms with Gasteiger partial charge in [-0.15, -0.1) is 0 Å². The number of aliphatic hydroxyl groups excluding tert-OH is 1. The molecular formula is C14H16N2O3. The highest BCUT2D eigenvalue weighted by Crippen LogP contribution is 2.33. The third kappa shape index (κ3) is 1.96. The van der Waals surface area contributed by atoms with E-state index in [-0.39, 0.29) is 0 Å². The Morgan fingerprint density at radius 1 is 1.26 bits per heavy atom. The lowest BCUT2D eigenvalue weighted by atomic mass is 10.0. The molecule has 2 aliphatic rings. The van der Waals surface area contributed by atoms with Crippen molar-refractivity contribution in [1.82, 2.24) is 4.90 Å². The molecule has 0 saturated heterocycles. The predicted molar refractivity (Wildman–Crippen MR) is 72.4 cm³/mol. The van der Waals surface area contributed by atoms with Gasteiger partial charge in [0.25, 0.3) is 0 Å². The summed E-state index contributed by atoms with van der Waals surface area (Å²) in [6.45, 7) is 0.433. The standard InChI is InChI=1S/C14H16N2O3/c1-18-11-5-9-3-4-16-13(15-8-14(16)17)7-10(9)6-12(11)19-2/h3-6,14,17H,7-8H2,1-2H3. The van der Waals surface area contributed by atoms with Gasteiger partial charge in [-0.25, -0.2) is 0 Å². The molecule has 0 saturated carbocycles. The van der Waals surface area contributed by atoms with Crippen LogP contribution in [0.25, 0.3) is 6.08 Å². The van der Waals surface area contributed by atoms with Crippen molar-refractivity contribution in [2.24, 2.45) is 4.99 Å². The van der Waals surface area contributed by atoms with Gasteiger partial charge in [-0.2, -0.15) is 0 Å². The van der Waals surface area contributed by atoms with Crippen LogP contribution in [-0.2, 0) is 6.42 Å². The Balaban J connectivity index is 2.05. The summed E-state index contributed by atoms with van der Waals surface area (Å²) in [5.74, 6) is 2.30. The minimum atomic E-state index is -0.552. The Bertz CT molecular complexity index is 566. The van der Waals surface area contributed by atoms with Crippen LogP contribution in [-0.4, -0.2) is 42.8 Å². The molecule has 19 heavy (non-hydrogen) atoms. The van der Waals surface area contributed by atoms with Gasteiger partial charge in [-0.1, -0.05) is 0 Å². The molecule has 0 aliphatic carbocycles. The number of nitrogens with zero attached hydrogens (tertiary/aromatic N) is 2. The van der Waals surface area contributed by atoms with E-state index in [4.69, 9.17) is 9.47 Å². The molecule has 0 aromatic heterocycles. The Morgan fingerprint density at radius 3 is 2.74 bits per heavy atom. The molecule has 5 heteroatoms. The molecule has 3 rings (SSSR count). The van der Waals surface area contributed by atoms with Gasteiger partial charge in [-0.3, -0.25) is 4.99 Å². The van der Waals surface area contributed by atoms with E-state index in [9.17, 15) is 5.11 Å². The number of methoxy groups -OCH3 is 2. The molecule has 2 aliphatic heterocycles. The minimum absolute atomic E-state index is 0.433. The van der Waals surface area contributed by atoms with Gasteiger partial charge < -0.3 is 19.5 Å². The van der Waals surface area contributed by atoms with Gasteiger partial charge in [0.2, 0.25) is 0 Å². The van der Waals surface area contributed by atoms with Crippen LogP contribution in [0.1, 0.15) is 11.1 Å². The molecule has 0 radical (unpaired) electrons. The van der Waals surface area contributed by atoms with Gasteiger partial charge in [-0.05, 0) is 29.3 Å². The van der Waals surface area contributed by atoms with Crippen molar-refractivity contribution >= 4 is 11.9 Å². The zero-order valence-corrected chi connectivity index (χ0v) is 11.0. The van der Waals surface area contributed by atoms with Crippen LogP contribution in [0, 0.1) is 0 Å². The normalized spacial score (nSPS) is 20.5. The van der Waals surface area contributed by atoms with Crippen molar-refractivity contribution in [3.05, 3.63) is 29.5 Å². The number of benzene rings is 1. The van der Waals surface area contributed by atoms with Crippen molar-refractivity contribution in [2.45, 2.75) is 12.6 Å². The van der Waals surface area contributed by atoms with E-state index in [1.54, 1.807) is 19.1 Å². The van der Waals surface area contributed by atoms with Gasteiger partial charge >= 0.3 is 0 Å². The average molecular weight is 260 g/mol. The summed E-state index contributed by atoms with van der Waals surface area (Å²) in [4.78, 5) is 6.17. The Labute approximate surface area is 111 Å². The molecule has 0 amide bonds. The van der Waals surface area contributed by atoms with Crippen LogP contribution < -0.4 is 9.47 Å². The molecule has 100 valence electrons. The Kier molecular flexibility index (Phi) is 2.91. The SMILES string of the molecule is COc1cc2c(cc1OC)CC1=NCC(O)N1C=C2. The van der Waals surface area contributed by atoms with Crippen molar-refractivity contribution in [3.8, 4) is 11.5 Å². The van der Waals surface area contributed by atoms with Crippen LogP contribution in [0.2, 0.25) is 0 Å². The number of aliphatic imine (C=N–C) groups is 1. The predicted octanol–water partition coefficient (Wildman–Crippen LogP) is 1.26. The van der Waals surface area contributed by atoms with Crippen LogP contribution in [0.3, 0.4) is 0 Å². The summed E-state index contributed by atoms with van der Waals surface area (Å²) in [5, 5.41) is 9.84. The summed E-state index contributed by atoms with van der Waals surface area (Å²) in [6, 6.07) is 3.91. The first-order valence-corrected chi connectivity index (χ1v) is 6.15. The van der Waals surface area contributed by atoms with E-state index in [0.29, 0.717) is 24.5 Å². The number of fused-ring (bicyclic) bond motifs is 2. The first-order chi connectivity index (χ1) is 9.22. The van der Waals surface area contributed by atoms with Crippen LogP contribution in [0.5, 0.6) is 11.5 Å². The zero-order chi connectivity index (χ0) is 13.4. The number of aliphatic hydroxyl groups is 1. The largest absolute Gasteiger partial charge is 0.493 e. The van der Waals surface area contributed by atoms with E-state index in [1.807, 2.05) is 24.4 Å². The summed E-state index contributed by atoms with van der Waals surface area (Å²) < 4.78 is 10.6. The second-order valence-corrected chi connectivity index (χ2v) is 4.54. The zero-order valence-electron chi connectivity index (χ0n) is 11.0. The maximum absolute atomic E-state index is 9.84. The topological polar surface area (TPSA) is 54.3 Å². The molecule has 1 atom stereocenters. The van der Waals surface area contributed by atoms with Crippen molar-refractivity contribution in [2.75, 3.05) is 20.8 Å². The first kappa shape index (κ1) is 12.0. The van der Waals surface area contributed by atoms with E-state index < -0.39 is 6.23 Å². The van der Waals surface area contributed by atoms with E-state index in [2.05, 4.69) is 4.99 Å². The lowest BCUT2D eigenvalue weighted by Crippen LogP contribution is -2.31. The summed E-state index contributed by atoms with van der Waals surface area (Å²) >= 11 is 0. The Morgan fingerprint density at radius 2 is 2.00 bits per heavy atom. The first-order valence-electron chi connectivity index (χ1n) is 6.15. The fourth-order valence-electron chi connectivity index (χ4n) is 2.44. The monoisotopic (exact) mass is 260 g/mol. The smallest absolute Gasteiger partial charge is 0.161 e. The van der Waals surface area contributed by atoms with Gasteiger partial charge in [0, 0.05) is 12.6 Å². The molecule has 0 bridgehead atoms. The van der Waals surface area contributed by atoms with Crippen molar-refractivity contribution in [3.63, 3.8) is 0 Å². The maximum Gasteiger partial charge on any atom is 0.161 e. The molecule has 0 fully saturated rings. The Hall–Kier alpha value is -2.01. The van der Waals surface area contributed by atoms with Crippen LogP contribution >= 0.6 is 0 Å². The van der Waals surface area contributed by atoms with Crippen molar-refractivity contribution < 1.29 is 14.6 Å². The van der Waals surface area contributed by atoms with E-state index >= 15 is 0 Å². The highest BCUT2D eigenvalue weighted by molar-refractivity contribution is 5.90. The van der Waals surface area contributed by atoms with E-state index in [0.717, 1.165) is 17.0 Å². The molecule has 5 nitrogen and oxygen atoms in total. The summed E-state index contributed by atoms with van der Waals surface area (Å²) in [6.07, 6.45) is 3.96. The van der Waals surface area contributed by atoms with Crippen LogP contribution in [0.15, 0.2) is 23.3 Å².